The standard InChI is InChI=1S/C8H17N3O2/c1-7-5-11(3-2-4-13-7)6-8(12)10-9/h7H,2-6,9H2,1H3,(H,10,12). The third kappa shape index (κ3) is 3.71. The van der Waals surface area contributed by atoms with Crippen LogP contribution >= 0.6 is 0 Å². The van der Waals surface area contributed by atoms with Gasteiger partial charge in [0.25, 0.3) is 0 Å². The molecule has 1 fully saturated rings. The fourth-order valence-electron chi connectivity index (χ4n) is 1.47. The highest BCUT2D eigenvalue weighted by molar-refractivity contribution is 5.77. The molecular weight excluding hydrogens is 170 g/mol. The normalized spacial score (nSPS) is 25.2. The molecule has 0 aliphatic carbocycles. The van der Waals surface area contributed by atoms with Crippen LogP contribution in [0.3, 0.4) is 0 Å². The van der Waals surface area contributed by atoms with E-state index in [0.717, 1.165) is 26.1 Å². The molecule has 1 amide bonds. The van der Waals surface area contributed by atoms with Gasteiger partial charge in [-0.3, -0.25) is 15.1 Å². The Labute approximate surface area is 78.2 Å². The highest BCUT2D eigenvalue weighted by Crippen LogP contribution is 2.04. The summed E-state index contributed by atoms with van der Waals surface area (Å²) >= 11 is 0. The Morgan fingerprint density at radius 2 is 2.54 bits per heavy atom. The van der Waals surface area contributed by atoms with E-state index in [4.69, 9.17) is 10.6 Å². The van der Waals surface area contributed by atoms with Crippen molar-refractivity contribution in [2.75, 3.05) is 26.2 Å². The van der Waals surface area contributed by atoms with Crippen LogP contribution in [0.15, 0.2) is 0 Å². The number of amides is 1. The molecule has 1 heterocycles. The topological polar surface area (TPSA) is 67.6 Å². The fraction of sp³-hybridized carbons (Fsp3) is 0.875. The molecule has 0 aromatic rings. The van der Waals surface area contributed by atoms with Crippen molar-refractivity contribution >= 4 is 5.91 Å². The van der Waals surface area contributed by atoms with Crippen LogP contribution in [0, 0.1) is 0 Å². The van der Waals surface area contributed by atoms with Crippen LogP contribution in [0.4, 0.5) is 0 Å². The highest BCUT2D eigenvalue weighted by Gasteiger charge is 2.16. The van der Waals surface area contributed by atoms with Crippen LogP contribution in [-0.4, -0.2) is 43.2 Å². The number of nitrogens with one attached hydrogen (secondary N) is 1. The third-order valence-electron chi connectivity index (χ3n) is 2.06. The Morgan fingerprint density at radius 1 is 1.77 bits per heavy atom. The van der Waals surface area contributed by atoms with Crippen molar-refractivity contribution in [3.8, 4) is 0 Å². The molecule has 0 spiro atoms. The van der Waals surface area contributed by atoms with Gasteiger partial charge in [0.1, 0.15) is 0 Å². The summed E-state index contributed by atoms with van der Waals surface area (Å²) in [6.45, 7) is 4.86. The minimum atomic E-state index is -0.144. The van der Waals surface area contributed by atoms with E-state index in [-0.39, 0.29) is 12.0 Å². The number of carbonyl (C=O) groups excluding carboxylic acids is 1. The zero-order valence-electron chi connectivity index (χ0n) is 7.95. The van der Waals surface area contributed by atoms with E-state index >= 15 is 0 Å². The first-order valence-corrected chi connectivity index (χ1v) is 4.56. The van der Waals surface area contributed by atoms with E-state index < -0.39 is 0 Å². The smallest absolute Gasteiger partial charge is 0.248 e. The van der Waals surface area contributed by atoms with Gasteiger partial charge in [-0.2, -0.15) is 0 Å². The monoisotopic (exact) mass is 187 g/mol. The summed E-state index contributed by atoms with van der Waals surface area (Å²) in [6, 6.07) is 0. The predicted octanol–water partition coefficient (Wildman–Crippen LogP) is -0.913. The minimum Gasteiger partial charge on any atom is -0.377 e. The van der Waals surface area contributed by atoms with Gasteiger partial charge in [-0.15, -0.1) is 0 Å². The molecule has 5 heteroatoms. The molecule has 1 aliphatic rings. The Bertz CT molecular complexity index is 175. The molecule has 1 rings (SSSR count). The first kappa shape index (κ1) is 10.4. The average Bonchev–Trinajstić information content (AvgIpc) is 2.30. The summed E-state index contributed by atoms with van der Waals surface area (Å²) in [6.07, 6.45) is 1.18. The van der Waals surface area contributed by atoms with Crippen LogP contribution in [0.5, 0.6) is 0 Å². The summed E-state index contributed by atoms with van der Waals surface area (Å²) in [5.41, 5.74) is 2.13. The second kappa shape index (κ2) is 5.16. The summed E-state index contributed by atoms with van der Waals surface area (Å²) in [5.74, 6) is 4.86. The second-order valence-electron chi connectivity index (χ2n) is 3.34. The molecule has 5 nitrogen and oxygen atoms in total. The van der Waals surface area contributed by atoms with Gasteiger partial charge in [0, 0.05) is 19.7 Å². The largest absolute Gasteiger partial charge is 0.377 e. The van der Waals surface area contributed by atoms with Gasteiger partial charge >= 0.3 is 0 Å². The van der Waals surface area contributed by atoms with Gasteiger partial charge in [0.05, 0.1) is 12.6 Å². The molecule has 1 aliphatic heterocycles. The number of ether oxygens (including phenoxy) is 1. The highest BCUT2D eigenvalue weighted by atomic mass is 16.5. The molecule has 13 heavy (non-hydrogen) atoms. The predicted molar refractivity (Wildman–Crippen MR) is 48.8 cm³/mol. The molecule has 3 N–H and O–H groups in total. The molecule has 1 saturated heterocycles. The van der Waals surface area contributed by atoms with Crippen LogP contribution in [0.1, 0.15) is 13.3 Å². The van der Waals surface area contributed by atoms with Gasteiger partial charge < -0.3 is 4.74 Å². The molecule has 0 bridgehead atoms. The maximum absolute atomic E-state index is 11.0. The minimum absolute atomic E-state index is 0.144. The fourth-order valence-corrected chi connectivity index (χ4v) is 1.47. The van der Waals surface area contributed by atoms with Crippen molar-refractivity contribution in [2.24, 2.45) is 5.84 Å². The number of hydrogen-bond acceptors (Lipinski definition) is 4. The lowest BCUT2D eigenvalue weighted by Crippen LogP contribution is -2.42. The van der Waals surface area contributed by atoms with E-state index in [0.29, 0.717) is 6.54 Å². The van der Waals surface area contributed by atoms with E-state index in [1.54, 1.807) is 0 Å². The van der Waals surface area contributed by atoms with Crippen molar-refractivity contribution in [2.45, 2.75) is 19.4 Å². The molecule has 1 atom stereocenters. The summed E-state index contributed by atoms with van der Waals surface area (Å²) in [5, 5.41) is 0. The molecule has 76 valence electrons. The van der Waals surface area contributed by atoms with E-state index in [2.05, 4.69) is 10.3 Å². The number of hydrogen-bond donors (Lipinski definition) is 2. The summed E-state index contributed by atoms with van der Waals surface area (Å²) in [7, 11) is 0. The Kier molecular flexibility index (Phi) is 4.14. The van der Waals surface area contributed by atoms with Crippen molar-refractivity contribution in [3.63, 3.8) is 0 Å². The van der Waals surface area contributed by atoms with E-state index in [1.165, 1.54) is 0 Å². The van der Waals surface area contributed by atoms with Gasteiger partial charge in [-0.1, -0.05) is 0 Å². The van der Waals surface area contributed by atoms with Gasteiger partial charge in [0.2, 0.25) is 5.91 Å². The lowest BCUT2D eigenvalue weighted by molar-refractivity contribution is -0.122. The van der Waals surface area contributed by atoms with Crippen molar-refractivity contribution in [1.29, 1.82) is 0 Å². The Morgan fingerprint density at radius 3 is 3.23 bits per heavy atom. The van der Waals surface area contributed by atoms with Gasteiger partial charge in [-0.05, 0) is 13.3 Å². The molecule has 1 unspecified atom stereocenters. The van der Waals surface area contributed by atoms with Crippen molar-refractivity contribution < 1.29 is 9.53 Å². The number of carbonyl (C=O) groups is 1. The Hall–Kier alpha value is -0.650. The van der Waals surface area contributed by atoms with E-state index in [1.807, 2.05) is 6.92 Å². The maximum Gasteiger partial charge on any atom is 0.248 e. The SMILES string of the molecule is CC1CN(CC(=O)NN)CCCO1. The maximum atomic E-state index is 11.0. The zero-order valence-corrected chi connectivity index (χ0v) is 7.95. The van der Waals surface area contributed by atoms with E-state index in [9.17, 15) is 4.79 Å². The first-order chi connectivity index (χ1) is 6.22. The molecule has 0 aromatic heterocycles. The third-order valence-corrected chi connectivity index (χ3v) is 2.06. The van der Waals surface area contributed by atoms with Gasteiger partial charge in [0.15, 0.2) is 0 Å². The molecule has 0 aromatic carbocycles. The van der Waals surface area contributed by atoms with Crippen LogP contribution in [-0.2, 0) is 9.53 Å². The quantitative estimate of drug-likeness (QED) is 0.333. The van der Waals surface area contributed by atoms with Crippen LogP contribution < -0.4 is 11.3 Å². The Balaban J connectivity index is 2.34. The summed E-state index contributed by atoms with van der Waals surface area (Å²) in [4.78, 5) is 13.0. The lowest BCUT2D eigenvalue weighted by Gasteiger charge is -2.20. The molecule has 0 saturated carbocycles. The van der Waals surface area contributed by atoms with Crippen LogP contribution in [0.2, 0.25) is 0 Å². The van der Waals surface area contributed by atoms with Gasteiger partial charge in [-0.25, -0.2) is 5.84 Å². The first-order valence-electron chi connectivity index (χ1n) is 4.56. The second-order valence-corrected chi connectivity index (χ2v) is 3.34. The molecule has 0 radical (unpaired) electrons. The van der Waals surface area contributed by atoms with Crippen molar-refractivity contribution in [1.82, 2.24) is 10.3 Å². The summed E-state index contributed by atoms with van der Waals surface area (Å²) < 4.78 is 5.44. The number of rotatable bonds is 2. The number of nitrogens with two attached hydrogens (primary N) is 1. The average molecular weight is 187 g/mol. The lowest BCUT2D eigenvalue weighted by atomic mass is 10.3. The van der Waals surface area contributed by atoms with Crippen LogP contribution in [0.25, 0.3) is 0 Å². The number of nitrogens with zero attached hydrogens (tertiary/aromatic N) is 1. The van der Waals surface area contributed by atoms with Crippen molar-refractivity contribution in [3.05, 3.63) is 0 Å². The number of hydrazine groups is 1. The zero-order chi connectivity index (χ0) is 9.68. The molecular formula is C8H17N3O2.